The molecule has 0 aromatic heterocycles. The van der Waals surface area contributed by atoms with Crippen molar-refractivity contribution in [2.75, 3.05) is 19.0 Å². The highest BCUT2D eigenvalue weighted by atomic mass is 35.5. The van der Waals surface area contributed by atoms with E-state index >= 15 is 0 Å². The quantitative estimate of drug-likeness (QED) is 0.813. The second-order valence-electron chi connectivity index (χ2n) is 2.92. The molecule has 4 nitrogen and oxygen atoms in total. The highest BCUT2D eigenvalue weighted by Crippen LogP contribution is 2.27. The van der Waals surface area contributed by atoms with Crippen LogP contribution in [0.15, 0.2) is 18.2 Å². The lowest BCUT2D eigenvalue weighted by atomic mass is 10.3. The average Bonchev–Trinajstić information content (AvgIpc) is 2.17. The average molecular weight is 230 g/mol. The van der Waals surface area contributed by atoms with E-state index in [1.807, 2.05) is 0 Å². The van der Waals surface area contributed by atoms with Gasteiger partial charge in [0.2, 0.25) is 0 Å². The van der Waals surface area contributed by atoms with Crippen LogP contribution in [0.2, 0.25) is 5.02 Å². The van der Waals surface area contributed by atoms with Gasteiger partial charge in [-0.05, 0) is 18.2 Å². The first-order valence-electron chi connectivity index (χ1n) is 4.42. The smallest absolute Gasteiger partial charge is 0.305 e. The van der Waals surface area contributed by atoms with E-state index in [1.165, 1.54) is 0 Å². The molecule has 0 atom stereocenters. The topological polar surface area (TPSA) is 58.6 Å². The number of methoxy groups -OCH3 is 1. The maximum atomic E-state index is 10.3. The summed E-state index contributed by atoms with van der Waals surface area (Å²) < 4.78 is 5.09. The summed E-state index contributed by atoms with van der Waals surface area (Å²) in [5.41, 5.74) is 0.700. The fraction of sp³-hybridized carbons (Fsp3) is 0.300. The first kappa shape index (κ1) is 11.7. The predicted octanol–water partition coefficient (Wildman–Crippen LogP) is 2.24. The lowest BCUT2D eigenvalue weighted by molar-refractivity contribution is -0.136. The lowest BCUT2D eigenvalue weighted by Crippen LogP contribution is -2.08. The fourth-order valence-electron chi connectivity index (χ4n) is 1.12. The van der Waals surface area contributed by atoms with Gasteiger partial charge in [-0.3, -0.25) is 4.79 Å². The predicted molar refractivity (Wildman–Crippen MR) is 58.7 cm³/mol. The molecule has 0 saturated heterocycles. The number of hydrogen-bond acceptors (Lipinski definition) is 3. The van der Waals surface area contributed by atoms with E-state index in [9.17, 15) is 4.79 Å². The van der Waals surface area contributed by atoms with E-state index in [-0.39, 0.29) is 6.42 Å². The summed E-state index contributed by atoms with van der Waals surface area (Å²) >= 11 is 5.80. The van der Waals surface area contributed by atoms with Crippen LogP contribution in [0.3, 0.4) is 0 Å². The van der Waals surface area contributed by atoms with Crippen molar-refractivity contribution in [1.82, 2.24) is 0 Å². The molecular weight excluding hydrogens is 218 g/mol. The van der Waals surface area contributed by atoms with Crippen LogP contribution in [-0.4, -0.2) is 24.7 Å². The molecule has 0 aliphatic rings. The molecule has 0 saturated carbocycles. The van der Waals surface area contributed by atoms with Crippen molar-refractivity contribution >= 4 is 23.3 Å². The highest BCUT2D eigenvalue weighted by Gasteiger charge is 2.03. The SMILES string of the molecule is COc1ccc(Cl)cc1NCCC(=O)O. The number of benzene rings is 1. The third-order valence-electron chi connectivity index (χ3n) is 1.82. The molecule has 5 heteroatoms. The number of halogens is 1. The summed E-state index contributed by atoms with van der Waals surface area (Å²) in [5, 5.41) is 12.0. The van der Waals surface area contributed by atoms with Crippen molar-refractivity contribution in [3.63, 3.8) is 0 Å². The van der Waals surface area contributed by atoms with Gasteiger partial charge in [0.1, 0.15) is 5.75 Å². The zero-order valence-electron chi connectivity index (χ0n) is 8.29. The number of ether oxygens (including phenoxy) is 1. The van der Waals surface area contributed by atoms with E-state index in [2.05, 4.69) is 5.32 Å². The van der Waals surface area contributed by atoms with Crippen molar-refractivity contribution in [1.29, 1.82) is 0 Å². The molecule has 0 aliphatic heterocycles. The Hall–Kier alpha value is -1.42. The number of carboxylic acid groups (broad SMARTS) is 1. The number of anilines is 1. The molecule has 0 radical (unpaired) electrons. The standard InChI is InChI=1S/C10H12ClNO3/c1-15-9-3-2-7(11)6-8(9)12-5-4-10(13)14/h2-3,6,12H,4-5H2,1H3,(H,13,14). The molecule has 15 heavy (non-hydrogen) atoms. The normalized spacial score (nSPS) is 9.73. The van der Waals surface area contributed by atoms with Crippen molar-refractivity contribution < 1.29 is 14.6 Å². The summed E-state index contributed by atoms with van der Waals surface area (Å²) in [4.78, 5) is 10.3. The van der Waals surface area contributed by atoms with E-state index < -0.39 is 5.97 Å². The Morgan fingerprint density at radius 2 is 2.33 bits per heavy atom. The van der Waals surface area contributed by atoms with Gasteiger partial charge in [-0.2, -0.15) is 0 Å². The summed E-state index contributed by atoms with van der Waals surface area (Å²) in [5.74, 6) is -0.201. The highest BCUT2D eigenvalue weighted by molar-refractivity contribution is 6.30. The third kappa shape index (κ3) is 3.67. The Bertz CT molecular complexity index is 355. The Labute approximate surface area is 92.8 Å². The number of carboxylic acids is 1. The Balaban J connectivity index is 2.65. The maximum Gasteiger partial charge on any atom is 0.305 e. The molecule has 0 aliphatic carbocycles. The molecule has 0 bridgehead atoms. The largest absolute Gasteiger partial charge is 0.495 e. The lowest BCUT2D eigenvalue weighted by Gasteiger charge is -2.10. The molecule has 0 spiro atoms. The molecule has 0 heterocycles. The molecule has 0 fully saturated rings. The van der Waals surface area contributed by atoms with Gasteiger partial charge in [0.05, 0.1) is 19.2 Å². The molecule has 82 valence electrons. The van der Waals surface area contributed by atoms with Crippen LogP contribution in [-0.2, 0) is 4.79 Å². The van der Waals surface area contributed by atoms with Crippen LogP contribution in [0.5, 0.6) is 5.75 Å². The van der Waals surface area contributed by atoms with E-state index in [0.29, 0.717) is 23.0 Å². The van der Waals surface area contributed by atoms with Crippen LogP contribution in [0, 0.1) is 0 Å². The molecule has 2 N–H and O–H groups in total. The number of nitrogens with one attached hydrogen (secondary N) is 1. The van der Waals surface area contributed by atoms with Crippen LogP contribution in [0.1, 0.15) is 6.42 Å². The number of rotatable bonds is 5. The van der Waals surface area contributed by atoms with Crippen LogP contribution < -0.4 is 10.1 Å². The fourth-order valence-corrected chi connectivity index (χ4v) is 1.29. The van der Waals surface area contributed by atoms with Gasteiger partial charge in [-0.25, -0.2) is 0 Å². The zero-order valence-corrected chi connectivity index (χ0v) is 9.04. The maximum absolute atomic E-state index is 10.3. The second-order valence-corrected chi connectivity index (χ2v) is 3.35. The van der Waals surface area contributed by atoms with Crippen LogP contribution >= 0.6 is 11.6 Å². The number of hydrogen-bond donors (Lipinski definition) is 2. The van der Waals surface area contributed by atoms with Crippen molar-refractivity contribution in [3.05, 3.63) is 23.2 Å². The molecule has 1 aromatic carbocycles. The second kappa shape index (κ2) is 5.46. The molecule has 1 rings (SSSR count). The minimum Gasteiger partial charge on any atom is -0.495 e. The molecule has 0 unspecified atom stereocenters. The molecular formula is C10H12ClNO3. The van der Waals surface area contributed by atoms with Gasteiger partial charge in [0.15, 0.2) is 0 Å². The van der Waals surface area contributed by atoms with Crippen LogP contribution in [0.4, 0.5) is 5.69 Å². The van der Waals surface area contributed by atoms with Gasteiger partial charge in [0, 0.05) is 11.6 Å². The monoisotopic (exact) mass is 229 g/mol. The summed E-state index contributed by atoms with van der Waals surface area (Å²) in [7, 11) is 1.55. The van der Waals surface area contributed by atoms with Crippen molar-refractivity contribution in [2.24, 2.45) is 0 Å². The summed E-state index contributed by atoms with van der Waals surface area (Å²) in [6.45, 7) is 0.339. The Kier molecular flexibility index (Phi) is 4.24. The zero-order chi connectivity index (χ0) is 11.3. The first-order valence-corrected chi connectivity index (χ1v) is 4.80. The van der Waals surface area contributed by atoms with Gasteiger partial charge < -0.3 is 15.2 Å². The minimum absolute atomic E-state index is 0.0513. The minimum atomic E-state index is -0.844. The van der Waals surface area contributed by atoms with Gasteiger partial charge in [-0.1, -0.05) is 11.6 Å². The van der Waals surface area contributed by atoms with Gasteiger partial charge in [0.25, 0.3) is 0 Å². The van der Waals surface area contributed by atoms with E-state index in [4.69, 9.17) is 21.4 Å². The summed E-state index contributed by atoms with van der Waals surface area (Å²) in [6, 6.07) is 5.14. The molecule has 0 amide bonds. The van der Waals surface area contributed by atoms with Gasteiger partial charge in [-0.15, -0.1) is 0 Å². The summed E-state index contributed by atoms with van der Waals surface area (Å²) in [6.07, 6.45) is 0.0513. The molecule has 1 aromatic rings. The van der Waals surface area contributed by atoms with Gasteiger partial charge >= 0.3 is 5.97 Å². The number of aliphatic carboxylic acids is 1. The first-order chi connectivity index (χ1) is 7.13. The van der Waals surface area contributed by atoms with Crippen molar-refractivity contribution in [2.45, 2.75) is 6.42 Å². The Morgan fingerprint density at radius 1 is 1.60 bits per heavy atom. The third-order valence-corrected chi connectivity index (χ3v) is 2.05. The van der Waals surface area contributed by atoms with E-state index in [0.717, 1.165) is 0 Å². The van der Waals surface area contributed by atoms with E-state index in [1.54, 1.807) is 25.3 Å². The van der Waals surface area contributed by atoms with Crippen molar-refractivity contribution in [3.8, 4) is 5.75 Å². The Morgan fingerprint density at radius 3 is 2.93 bits per heavy atom. The number of carbonyl (C=O) groups is 1. The van der Waals surface area contributed by atoms with Crippen LogP contribution in [0.25, 0.3) is 0 Å².